The Hall–Kier alpha value is -5.38. The van der Waals surface area contributed by atoms with E-state index in [9.17, 15) is 32.7 Å². The van der Waals surface area contributed by atoms with Crippen molar-refractivity contribution in [2.45, 2.75) is 64.1 Å². The number of piperidine rings is 1. The zero-order chi connectivity index (χ0) is 36.4. The minimum atomic E-state index is -4.61. The average Bonchev–Trinajstić information content (AvgIpc) is 3.65. The van der Waals surface area contributed by atoms with Crippen molar-refractivity contribution in [3.63, 3.8) is 0 Å². The third-order valence-corrected chi connectivity index (χ3v) is 10.0. The number of nitrogens with one attached hydrogen (secondary N) is 1. The standard InChI is InChI=1S/C34H31ClF3N9O4/c1-17-4-6-23(39-14-17)29-43-32-46(15-24(48)42-22-7-5-20(12-21(22)35)34(36,37)38)27-18(2)13-33(25(27)30(50)47(32)44-29)8-10-45(11-9-33)31(51)26-28(49)19(3)40-16-41-26/h4-7,12,14,16,18,49H,8-11,13,15H2,1-3H3,(H,42,48). The Balaban J connectivity index is 1.28. The molecule has 2 aliphatic rings. The van der Waals surface area contributed by atoms with Gasteiger partial charge in [-0.05, 0) is 68.9 Å². The Bertz CT molecular complexity index is 2280. The fraction of sp³-hybridized carbons (Fsp3) is 0.353. The van der Waals surface area contributed by atoms with Crippen molar-refractivity contribution < 1.29 is 27.9 Å². The van der Waals surface area contributed by atoms with Crippen LogP contribution in [0.25, 0.3) is 17.3 Å². The number of benzene rings is 1. The fourth-order valence-electron chi connectivity index (χ4n) is 7.22. The number of aromatic hydroxyl groups is 1. The van der Waals surface area contributed by atoms with Gasteiger partial charge in [0.15, 0.2) is 11.4 Å². The van der Waals surface area contributed by atoms with Crippen molar-refractivity contribution in [3.05, 3.63) is 92.0 Å². The van der Waals surface area contributed by atoms with Crippen molar-refractivity contribution in [1.29, 1.82) is 0 Å². The van der Waals surface area contributed by atoms with Crippen LogP contribution in [0.2, 0.25) is 5.02 Å². The molecule has 1 fully saturated rings. The van der Waals surface area contributed by atoms with Gasteiger partial charge in [-0.3, -0.25) is 19.4 Å². The van der Waals surface area contributed by atoms with E-state index in [0.29, 0.717) is 36.2 Å². The van der Waals surface area contributed by atoms with Gasteiger partial charge in [0, 0.05) is 36.0 Å². The Kier molecular flexibility index (Phi) is 8.31. The number of aryl methyl sites for hydroxylation is 2. The van der Waals surface area contributed by atoms with Gasteiger partial charge in [-0.15, -0.1) is 5.10 Å². The fourth-order valence-corrected chi connectivity index (χ4v) is 7.45. The molecule has 1 aliphatic heterocycles. The van der Waals surface area contributed by atoms with Gasteiger partial charge in [0.05, 0.1) is 22.0 Å². The number of halogens is 4. The van der Waals surface area contributed by atoms with E-state index in [1.165, 1.54) is 6.33 Å². The molecule has 13 nitrogen and oxygen atoms in total. The summed E-state index contributed by atoms with van der Waals surface area (Å²) in [7, 11) is 0. The number of fused-ring (bicyclic) bond motifs is 3. The van der Waals surface area contributed by atoms with Crippen LogP contribution in [0.5, 0.6) is 5.75 Å². The molecular formula is C34H31ClF3N9O4. The van der Waals surface area contributed by atoms with E-state index in [1.54, 1.807) is 28.7 Å². The number of aromatic nitrogens is 7. The molecule has 17 heteroatoms. The number of alkyl halides is 3. The van der Waals surface area contributed by atoms with Gasteiger partial charge in [0.25, 0.3) is 11.5 Å². The second kappa shape index (κ2) is 12.4. The number of likely N-dealkylation sites (tertiary alicyclic amines) is 1. The average molecular weight is 722 g/mol. The molecular weight excluding hydrogens is 691 g/mol. The van der Waals surface area contributed by atoms with Crippen LogP contribution >= 0.6 is 11.6 Å². The largest absolute Gasteiger partial charge is 0.504 e. The second-order valence-corrected chi connectivity index (χ2v) is 13.5. The molecule has 2 amide bonds. The van der Waals surface area contributed by atoms with E-state index in [1.807, 2.05) is 19.9 Å². The summed E-state index contributed by atoms with van der Waals surface area (Å²) in [6, 6.07) is 6.20. The van der Waals surface area contributed by atoms with Crippen molar-refractivity contribution in [3.8, 4) is 17.3 Å². The predicted molar refractivity (Wildman–Crippen MR) is 179 cm³/mol. The summed E-state index contributed by atoms with van der Waals surface area (Å²) in [5.74, 6) is -1.32. The lowest BCUT2D eigenvalue weighted by Gasteiger charge is -2.39. The number of nitrogens with zero attached hydrogens (tertiary/aromatic N) is 8. The van der Waals surface area contributed by atoms with Gasteiger partial charge in [-0.25, -0.2) is 9.97 Å². The molecule has 5 heterocycles. The highest BCUT2D eigenvalue weighted by molar-refractivity contribution is 6.33. The number of anilines is 1. The molecule has 0 radical (unpaired) electrons. The van der Waals surface area contributed by atoms with Crippen LogP contribution in [0.15, 0.2) is 47.7 Å². The Morgan fingerprint density at radius 2 is 1.84 bits per heavy atom. The molecule has 0 bridgehead atoms. The molecule has 7 rings (SSSR count). The molecule has 5 aromatic rings. The maximum absolute atomic E-state index is 14.4. The van der Waals surface area contributed by atoms with Gasteiger partial charge < -0.3 is 19.9 Å². The zero-order valence-electron chi connectivity index (χ0n) is 27.6. The lowest BCUT2D eigenvalue weighted by atomic mass is 9.73. The molecule has 1 aromatic carbocycles. The first-order chi connectivity index (χ1) is 24.2. The SMILES string of the molecule is Cc1ccc(-c2nc3n(CC(=O)Nc4ccc(C(F)(F)F)cc4Cl)c4c(c(=O)n3n2)C2(CCN(C(=O)c3ncnc(C)c3O)CC2)CC4C)nc1. The maximum atomic E-state index is 14.4. The van der Waals surface area contributed by atoms with Crippen molar-refractivity contribution in [1.82, 2.24) is 39.0 Å². The Morgan fingerprint density at radius 1 is 1.10 bits per heavy atom. The molecule has 0 saturated carbocycles. The van der Waals surface area contributed by atoms with Crippen LogP contribution in [0, 0.1) is 13.8 Å². The van der Waals surface area contributed by atoms with Crippen LogP contribution < -0.4 is 10.9 Å². The van der Waals surface area contributed by atoms with Gasteiger partial charge in [-0.1, -0.05) is 24.6 Å². The minimum absolute atomic E-state index is 0.0131. The maximum Gasteiger partial charge on any atom is 0.416 e. The normalized spacial score (nSPS) is 16.8. The number of rotatable bonds is 5. The van der Waals surface area contributed by atoms with E-state index in [4.69, 9.17) is 11.6 Å². The highest BCUT2D eigenvalue weighted by Crippen LogP contribution is 2.50. The lowest BCUT2D eigenvalue weighted by Crippen LogP contribution is -2.46. The monoisotopic (exact) mass is 721 g/mol. The zero-order valence-corrected chi connectivity index (χ0v) is 28.4. The van der Waals surface area contributed by atoms with Gasteiger partial charge >= 0.3 is 6.18 Å². The molecule has 1 spiro atoms. The molecule has 4 aromatic heterocycles. The van der Waals surface area contributed by atoms with E-state index in [0.717, 1.165) is 28.3 Å². The van der Waals surface area contributed by atoms with E-state index in [2.05, 4.69) is 30.4 Å². The summed E-state index contributed by atoms with van der Waals surface area (Å²) in [5.41, 5.74) is 0.502. The predicted octanol–water partition coefficient (Wildman–Crippen LogP) is 5.06. The first-order valence-corrected chi connectivity index (χ1v) is 16.5. The summed E-state index contributed by atoms with van der Waals surface area (Å²) in [4.78, 5) is 60.0. The van der Waals surface area contributed by atoms with Gasteiger partial charge in [0.2, 0.25) is 17.5 Å². The van der Waals surface area contributed by atoms with E-state index < -0.39 is 34.5 Å². The van der Waals surface area contributed by atoms with Crippen molar-refractivity contribution >= 4 is 34.9 Å². The van der Waals surface area contributed by atoms with Crippen LogP contribution in [0.3, 0.4) is 0 Å². The molecule has 2 N–H and O–H groups in total. The Labute approximate surface area is 293 Å². The minimum Gasteiger partial charge on any atom is -0.504 e. The van der Waals surface area contributed by atoms with Crippen LogP contribution in [-0.2, 0) is 22.9 Å². The Morgan fingerprint density at radius 3 is 2.51 bits per heavy atom. The van der Waals surface area contributed by atoms with Crippen LogP contribution in [0.1, 0.15) is 70.7 Å². The summed E-state index contributed by atoms with van der Waals surface area (Å²) < 4.78 is 42.5. The van der Waals surface area contributed by atoms with Crippen LogP contribution in [0.4, 0.5) is 18.9 Å². The van der Waals surface area contributed by atoms with Gasteiger partial charge in [-0.2, -0.15) is 22.7 Å². The quantitative estimate of drug-likeness (QED) is 0.253. The molecule has 1 aliphatic carbocycles. The summed E-state index contributed by atoms with van der Waals surface area (Å²) in [5, 5.41) is 17.3. The smallest absolute Gasteiger partial charge is 0.416 e. The van der Waals surface area contributed by atoms with Crippen molar-refractivity contribution in [2.24, 2.45) is 0 Å². The molecule has 264 valence electrons. The second-order valence-electron chi connectivity index (χ2n) is 13.1. The number of hydrogen-bond donors (Lipinski definition) is 2. The number of carbonyl (C=O) groups excluding carboxylic acids is 2. The summed E-state index contributed by atoms with van der Waals surface area (Å²) >= 11 is 6.14. The number of pyridine rings is 1. The number of carbonyl (C=O) groups is 2. The van der Waals surface area contributed by atoms with Crippen LogP contribution in [-0.4, -0.2) is 69.0 Å². The first kappa shape index (κ1) is 34.1. The molecule has 1 atom stereocenters. The molecule has 1 unspecified atom stereocenters. The van der Waals surface area contributed by atoms with E-state index in [-0.39, 0.29) is 65.0 Å². The molecule has 51 heavy (non-hydrogen) atoms. The lowest BCUT2D eigenvalue weighted by molar-refractivity contribution is -0.137. The third-order valence-electron chi connectivity index (χ3n) is 9.71. The van der Waals surface area contributed by atoms with Crippen molar-refractivity contribution in [2.75, 3.05) is 18.4 Å². The topological polar surface area (TPSA) is 160 Å². The molecule has 1 saturated heterocycles. The summed E-state index contributed by atoms with van der Waals surface area (Å²) in [6.45, 7) is 5.58. The highest BCUT2D eigenvalue weighted by Gasteiger charge is 2.49. The van der Waals surface area contributed by atoms with Gasteiger partial charge in [0.1, 0.15) is 18.6 Å². The third kappa shape index (κ3) is 5.96. The highest BCUT2D eigenvalue weighted by atomic mass is 35.5. The number of hydrogen-bond acceptors (Lipinski definition) is 9. The van der Waals surface area contributed by atoms with E-state index >= 15 is 0 Å². The first-order valence-electron chi connectivity index (χ1n) is 16.1. The summed E-state index contributed by atoms with van der Waals surface area (Å²) in [6.07, 6.45) is -0.382. The number of amides is 2.